The number of carboxylic acid groups (broad SMARTS) is 1. The minimum Gasteiger partial charge on any atom is -0.479 e. The summed E-state index contributed by atoms with van der Waals surface area (Å²) in [6.07, 6.45) is 8.07. The van der Waals surface area contributed by atoms with Gasteiger partial charge in [0.25, 0.3) is 0 Å². The highest BCUT2D eigenvalue weighted by Gasteiger charge is 2.35. The lowest BCUT2D eigenvalue weighted by molar-refractivity contribution is -0.160. The number of carbonyl (C=O) groups is 1. The van der Waals surface area contributed by atoms with Crippen molar-refractivity contribution in [1.82, 2.24) is 4.98 Å². The molecule has 0 fully saturated rings. The van der Waals surface area contributed by atoms with Crippen LogP contribution in [-0.2, 0) is 16.0 Å². The molecular weight excluding hydrogens is 434 g/mol. The number of aromatic nitrogens is 1. The molecule has 0 saturated carbocycles. The van der Waals surface area contributed by atoms with Crippen LogP contribution < -0.4 is 4.74 Å². The van der Waals surface area contributed by atoms with Gasteiger partial charge in [-0.15, -0.1) is 11.3 Å². The Kier molecular flexibility index (Phi) is 6.45. The fraction of sp³-hybridized carbons (Fsp3) is 0.556. The van der Waals surface area contributed by atoms with Crippen molar-refractivity contribution in [2.45, 2.75) is 85.4 Å². The number of pyridine rings is 1. The third kappa shape index (κ3) is 5.17. The van der Waals surface area contributed by atoms with Crippen molar-refractivity contribution < 1.29 is 19.4 Å². The van der Waals surface area contributed by atoms with Crippen LogP contribution in [0, 0.1) is 12.3 Å². The highest BCUT2D eigenvalue weighted by Crippen LogP contribution is 2.49. The van der Waals surface area contributed by atoms with E-state index in [2.05, 4.69) is 31.0 Å². The molecular formula is C27H35NO4S. The van der Waals surface area contributed by atoms with Gasteiger partial charge in [0.05, 0.1) is 12.2 Å². The average molecular weight is 470 g/mol. The first-order valence-corrected chi connectivity index (χ1v) is 12.6. The lowest BCUT2D eigenvalue weighted by Gasteiger charge is -2.31. The monoisotopic (exact) mass is 469 g/mol. The van der Waals surface area contributed by atoms with E-state index in [1.54, 1.807) is 11.3 Å². The molecule has 2 aliphatic rings. The van der Waals surface area contributed by atoms with Gasteiger partial charge in [0, 0.05) is 38.2 Å². The van der Waals surface area contributed by atoms with Crippen LogP contribution in [0.25, 0.3) is 16.0 Å². The van der Waals surface area contributed by atoms with Gasteiger partial charge in [-0.05, 0) is 76.9 Å². The van der Waals surface area contributed by atoms with E-state index < -0.39 is 17.7 Å². The molecule has 0 bridgehead atoms. The van der Waals surface area contributed by atoms with E-state index in [1.807, 2.05) is 33.9 Å². The Morgan fingerprint density at radius 3 is 2.70 bits per heavy atom. The molecule has 33 heavy (non-hydrogen) atoms. The summed E-state index contributed by atoms with van der Waals surface area (Å²) >= 11 is 1.65. The summed E-state index contributed by atoms with van der Waals surface area (Å²) in [5.74, 6) is -0.231. The summed E-state index contributed by atoms with van der Waals surface area (Å²) in [5.41, 5.74) is 4.87. The fourth-order valence-electron chi connectivity index (χ4n) is 4.65. The van der Waals surface area contributed by atoms with E-state index in [0.717, 1.165) is 70.0 Å². The molecule has 4 rings (SSSR count). The van der Waals surface area contributed by atoms with Gasteiger partial charge in [0.15, 0.2) is 6.10 Å². The van der Waals surface area contributed by atoms with Crippen LogP contribution in [0.2, 0.25) is 0 Å². The lowest BCUT2D eigenvalue weighted by Crippen LogP contribution is -2.28. The number of aliphatic carboxylic acids is 1. The SMILES string of the molecule is Cc1sc(-c2cnc3c(c2)CCCO3)c(C2=CCC(C)(C)CC2)c1C(OC(C)(C)C)C(=O)O. The number of nitrogens with zero attached hydrogens (tertiary/aromatic N) is 1. The van der Waals surface area contributed by atoms with Crippen LogP contribution in [0.1, 0.15) is 88.0 Å². The first kappa shape index (κ1) is 24.0. The van der Waals surface area contributed by atoms with Crippen LogP contribution in [-0.4, -0.2) is 28.3 Å². The van der Waals surface area contributed by atoms with Crippen molar-refractivity contribution >= 4 is 22.9 Å². The second-order valence-corrected chi connectivity index (χ2v) is 12.2. The molecule has 0 amide bonds. The maximum atomic E-state index is 12.4. The Morgan fingerprint density at radius 1 is 1.30 bits per heavy atom. The first-order valence-electron chi connectivity index (χ1n) is 11.8. The Morgan fingerprint density at radius 2 is 2.06 bits per heavy atom. The van der Waals surface area contributed by atoms with E-state index in [1.165, 1.54) is 5.57 Å². The zero-order valence-corrected chi connectivity index (χ0v) is 21.4. The van der Waals surface area contributed by atoms with E-state index in [0.29, 0.717) is 6.61 Å². The fourth-order valence-corrected chi connectivity index (χ4v) is 5.85. The summed E-state index contributed by atoms with van der Waals surface area (Å²) in [6, 6.07) is 2.17. The molecule has 2 aromatic rings. The van der Waals surface area contributed by atoms with Crippen molar-refractivity contribution in [2.75, 3.05) is 6.61 Å². The minimum atomic E-state index is -1.02. The van der Waals surface area contributed by atoms with Gasteiger partial charge in [-0.1, -0.05) is 19.9 Å². The number of allylic oxidation sites excluding steroid dienone is 2. The average Bonchev–Trinajstić information content (AvgIpc) is 3.07. The number of rotatable bonds is 5. The first-order chi connectivity index (χ1) is 15.5. The lowest BCUT2D eigenvalue weighted by atomic mass is 9.76. The van der Waals surface area contributed by atoms with E-state index in [-0.39, 0.29) is 5.41 Å². The molecule has 0 saturated heterocycles. The highest BCUT2D eigenvalue weighted by atomic mass is 32.1. The maximum Gasteiger partial charge on any atom is 0.337 e. The summed E-state index contributed by atoms with van der Waals surface area (Å²) in [4.78, 5) is 19.1. The quantitative estimate of drug-likeness (QED) is 0.512. The largest absolute Gasteiger partial charge is 0.479 e. The van der Waals surface area contributed by atoms with Crippen LogP contribution in [0.15, 0.2) is 18.3 Å². The normalized spacial score (nSPS) is 18.8. The summed E-state index contributed by atoms with van der Waals surface area (Å²) in [6.45, 7) is 13.0. The number of hydrogen-bond acceptors (Lipinski definition) is 5. The Bertz CT molecular complexity index is 1090. The molecule has 0 radical (unpaired) electrons. The third-order valence-electron chi connectivity index (χ3n) is 6.40. The number of ether oxygens (including phenoxy) is 2. The van der Waals surface area contributed by atoms with Gasteiger partial charge in [-0.2, -0.15) is 0 Å². The van der Waals surface area contributed by atoms with Crippen molar-refractivity contribution in [3.05, 3.63) is 39.9 Å². The second kappa shape index (κ2) is 8.88. The van der Waals surface area contributed by atoms with Gasteiger partial charge in [0.2, 0.25) is 5.88 Å². The Balaban J connectivity index is 1.90. The molecule has 1 atom stereocenters. The van der Waals surface area contributed by atoms with Crippen molar-refractivity contribution in [1.29, 1.82) is 0 Å². The molecule has 1 N–H and O–H groups in total. The Labute approximate surface area is 200 Å². The van der Waals surface area contributed by atoms with Crippen LogP contribution in [0.4, 0.5) is 0 Å². The molecule has 0 spiro atoms. The molecule has 0 aromatic carbocycles. The van der Waals surface area contributed by atoms with Crippen molar-refractivity contribution in [3.8, 4) is 16.3 Å². The Hall–Kier alpha value is -2.18. The van der Waals surface area contributed by atoms with Crippen LogP contribution in [0.3, 0.4) is 0 Å². The van der Waals surface area contributed by atoms with Gasteiger partial charge < -0.3 is 14.6 Å². The van der Waals surface area contributed by atoms with Gasteiger partial charge >= 0.3 is 5.97 Å². The summed E-state index contributed by atoms with van der Waals surface area (Å²) < 4.78 is 11.8. The maximum absolute atomic E-state index is 12.4. The molecule has 1 aliphatic heterocycles. The summed E-state index contributed by atoms with van der Waals surface area (Å²) in [5, 5.41) is 10.2. The number of carboxylic acids is 1. The van der Waals surface area contributed by atoms with Crippen LogP contribution >= 0.6 is 11.3 Å². The molecule has 1 aliphatic carbocycles. The molecule has 2 aromatic heterocycles. The van der Waals surface area contributed by atoms with Crippen LogP contribution in [0.5, 0.6) is 5.88 Å². The third-order valence-corrected chi connectivity index (χ3v) is 7.57. The molecule has 3 heterocycles. The number of aryl methyl sites for hydroxylation is 2. The van der Waals surface area contributed by atoms with Gasteiger partial charge in [0.1, 0.15) is 0 Å². The second-order valence-electron chi connectivity index (χ2n) is 11.0. The minimum absolute atomic E-state index is 0.258. The van der Waals surface area contributed by atoms with E-state index in [9.17, 15) is 9.90 Å². The van der Waals surface area contributed by atoms with E-state index >= 15 is 0 Å². The molecule has 1 unspecified atom stereocenters. The summed E-state index contributed by atoms with van der Waals surface area (Å²) in [7, 11) is 0. The number of hydrogen-bond donors (Lipinski definition) is 1. The number of thiophene rings is 1. The molecule has 6 heteroatoms. The number of fused-ring (bicyclic) bond motifs is 1. The van der Waals surface area contributed by atoms with E-state index in [4.69, 9.17) is 9.47 Å². The molecule has 5 nitrogen and oxygen atoms in total. The highest BCUT2D eigenvalue weighted by molar-refractivity contribution is 7.16. The van der Waals surface area contributed by atoms with Crippen molar-refractivity contribution in [3.63, 3.8) is 0 Å². The topological polar surface area (TPSA) is 68.7 Å². The predicted octanol–water partition coefficient (Wildman–Crippen LogP) is 6.98. The standard InChI is InChI=1S/C27H35NO4S/c1-16-20(22(25(29)30)32-26(2,3)4)21(17-9-11-27(5,6)12-10-17)23(33-16)19-14-18-8-7-13-31-24(18)28-15-19/h9,14-15,22H,7-8,10-13H2,1-6H3,(H,29,30). The van der Waals surface area contributed by atoms with Gasteiger partial charge in [-0.3, -0.25) is 0 Å². The van der Waals surface area contributed by atoms with Gasteiger partial charge in [-0.25, -0.2) is 9.78 Å². The zero-order valence-electron chi connectivity index (χ0n) is 20.6. The predicted molar refractivity (Wildman–Crippen MR) is 133 cm³/mol. The zero-order chi connectivity index (χ0) is 24.0. The van der Waals surface area contributed by atoms with Crippen molar-refractivity contribution in [2.24, 2.45) is 5.41 Å². The smallest absolute Gasteiger partial charge is 0.337 e. The molecule has 178 valence electrons.